The van der Waals surface area contributed by atoms with Crippen LogP contribution in [0.4, 0.5) is 5.88 Å². The van der Waals surface area contributed by atoms with Crippen LogP contribution in [0.1, 0.15) is 17.2 Å². The highest BCUT2D eigenvalue weighted by molar-refractivity contribution is 7.27. The average Bonchev–Trinajstić information content (AvgIpc) is 3.85. The van der Waals surface area contributed by atoms with E-state index in [1.807, 2.05) is 23.5 Å². The first-order chi connectivity index (χ1) is 24.3. The van der Waals surface area contributed by atoms with E-state index in [-0.39, 0.29) is 6.04 Å². The van der Waals surface area contributed by atoms with Crippen LogP contribution in [0.2, 0.25) is 0 Å². The molecule has 0 radical (unpaired) electrons. The molecule has 1 aliphatic rings. The van der Waals surface area contributed by atoms with E-state index >= 15 is 0 Å². The number of hydrogen-bond donors (Lipinski definition) is 1. The van der Waals surface area contributed by atoms with Gasteiger partial charge in [-0.25, -0.2) is 4.99 Å². The number of aromatic nitrogens is 1. The molecule has 49 heavy (non-hydrogen) atoms. The number of anilines is 1. The highest BCUT2D eigenvalue weighted by Crippen LogP contribution is 2.48. The Hall–Kier alpha value is -6.17. The van der Waals surface area contributed by atoms with Crippen LogP contribution in [0.15, 0.2) is 161 Å². The monoisotopic (exact) mass is 645 g/mol. The summed E-state index contributed by atoms with van der Waals surface area (Å²) in [4.78, 5) is 5.61. The van der Waals surface area contributed by atoms with Crippen molar-refractivity contribution in [2.24, 2.45) is 4.99 Å². The van der Waals surface area contributed by atoms with Crippen molar-refractivity contribution < 1.29 is 4.42 Å². The van der Waals surface area contributed by atoms with E-state index in [0.29, 0.717) is 0 Å². The Bertz CT molecular complexity index is 2960. The third-order valence-corrected chi connectivity index (χ3v) is 11.3. The van der Waals surface area contributed by atoms with Gasteiger partial charge in [0.2, 0.25) is 11.8 Å². The Kier molecular flexibility index (Phi) is 5.57. The van der Waals surface area contributed by atoms with Gasteiger partial charge < -0.3 is 4.42 Å². The molecular formula is C44H27N3OS. The van der Waals surface area contributed by atoms with E-state index in [2.05, 4.69) is 149 Å². The first-order valence-corrected chi connectivity index (χ1v) is 17.4. The molecule has 0 bridgehead atoms. The number of nitrogens with one attached hydrogen (secondary N) is 1. The standard InChI is InChI=1S/C44H27N3OS/c1-2-12-26(13-3-1)27-22-24-28(25-23-27)40-39-32-17-7-10-20-35(32)48-43(39)46-44(45-40)47-34-19-9-6-16-31(34)37-38-33-18-8-11-21-36(33)49-42(38)30-15-5-4-14-29(30)41(37)47/h1-25,40H,(H,45,46). The minimum Gasteiger partial charge on any atom is -0.440 e. The van der Waals surface area contributed by atoms with E-state index in [1.54, 1.807) is 0 Å². The molecule has 7 aromatic carbocycles. The summed E-state index contributed by atoms with van der Waals surface area (Å²) in [6.07, 6.45) is 0. The zero-order valence-electron chi connectivity index (χ0n) is 26.2. The van der Waals surface area contributed by atoms with Crippen LogP contribution in [0.3, 0.4) is 0 Å². The van der Waals surface area contributed by atoms with Gasteiger partial charge in [0.1, 0.15) is 11.6 Å². The second kappa shape index (κ2) is 10.2. The smallest absolute Gasteiger partial charge is 0.211 e. The van der Waals surface area contributed by atoms with Crippen LogP contribution in [-0.2, 0) is 0 Å². The predicted molar refractivity (Wildman–Crippen MR) is 206 cm³/mol. The molecule has 0 spiro atoms. The van der Waals surface area contributed by atoms with Gasteiger partial charge in [-0.15, -0.1) is 11.3 Å². The van der Waals surface area contributed by atoms with E-state index in [1.165, 1.54) is 52.8 Å². The SMILES string of the molecule is c1ccc(-c2ccc(C3N=C(n4c5ccccc5c5c6c7ccccc7sc6c6ccccc6c54)Nc4oc5ccccc5c43)cc2)cc1. The summed E-state index contributed by atoms with van der Waals surface area (Å²) in [6.45, 7) is 0. The number of fused-ring (bicyclic) bond motifs is 13. The zero-order valence-corrected chi connectivity index (χ0v) is 27.0. The quantitative estimate of drug-likeness (QED) is 0.203. The summed E-state index contributed by atoms with van der Waals surface area (Å²) in [5, 5.41) is 12.3. The zero-order chi connectivity index (χ0) is 32.1. The van der Waals surface area contributed by atoms with Gasteiger partial charge in [-0.3, -0.25) is 9.88 Å². The lowest BCUT2D eigenvalue weighted by molar-refractivity contribution is 0.623. The molecule has 11 rings (SSSR count). The number of para-hydroxylation sites is 2. The van der Waals surface area contributed by atoms with Gasteiger partial charge in [-0.2, -0.15) is 0 Å². The minimum absolute atomic E-state index is 0.270. The molecule has 1 unspecified atom stereocenters. The van der Waals surface area contributed by atoms with Gasteiger partial charge in [0, 0.05) is 47.1 Å². The lowest BCUT2D eigenvalue weighted by Gasteiger charge is -2.24. The molecule has 1 N–H and O–H groups in total. The van der Waals surface area contributed by atoms with Crippen molar-refractivity contribution in [3.05, 3.63) is 163 Å². The number of rotatable bonds is 2. The molecule has 0 amide bonds. The van der Waals surface area contributed by atoms with Gasteiger partial charge in [0.15, 0.2) is 0 Å². The van der Waals surface area contributed by atoms with Crippen LogP contribution in [-0.4, -0.2) is 10.5 Å². The van der Waals surface area contributed by atoms with Crippen molar-refractivity contribution in [1.29, 1.82) is 0 Å². The first kappa shape index (κ1) is 26.9. The largest absolute Gasteiger partial charge is 0.440 e. The van der Waals surface area contributed by atoms with Gasteiger partial charge >= 0.3 is 0 Å². The molecule has 10 aromatic rings. The van der Waals surface area contributed by atoms with E-state index < -0.39 is 0 Å². The predicted octanol–water partition coefficient (Wildman–Crippen LogP) is 12.1. The number of hydrogen-bond acceptors (Lipinski definition) is 4. The van der Waals surface area contributed by atoms with Crippen LogP contribution in [0.25, 0.3) is 74.8 Å². The number of aliphatic imine (C=N–C) groups is 1. The van der Waals surface area contributed by atoms with Gasteiger partial charge in [0.25, 0.3) is 0 Å². The van der Waals surface area contributed by atoms with Gasteiger partial charge in [-0.05, 0) is 34.9 Å². The number of benzene rings is 7. The molecule has 230 valence electrons. The lowest BCUT2D eigenvalue weighted by Crippen LogP contribution is -2.27. The first-order valence-electron chi connectivity index (χ1n) is 16.6. The molecule has 0 aliphatic carbocycles. The molecule has 1 atom stereocenters. The number of furan rings is 1. The summed E-state index contributed by atoms with van der Waals surface area (Å²) < 4.78 is 11.5. The van der Waals surface area contributed by atoms with Gasteiger partial charge in [0.05, 0.1) is 16.6 Å². The second-order valence-electron chi connectivity index (χ2n) is 12.7. The lowest BCUT2D eigenvalue weighted by atomic mass is 9.95. The number of thiophene rings is 1. The van der Waals surface area contributed by atoms with Crippen molar-refractivity contribution >= 4 is 86.9 Å². The highest BCUT2D eigenvalue weighted by Gasteiger charge is 2.32. The Morgan fingerprint density at radius 1 is 0.571 bits per heavy atom. The third kappa shape index (κ3) is 3.82. The minimum atomic E-state index is -0.270. The maximum atomic E-state index is 6.59. The summed E-state index contributed by atoms with van der Waals surface area (Å²) in [5.41, 5.74) is 7.66. The molecule has 0 saturated heterocycles. The molecule has 0 saturated carbocycles. The summed E-state index contributed by atoms with van der Waals surface area (Å²) in [6, 6.07) is 53.7. The summed E-state index contributed by atoms with van der Waals surface area (Å²) in [5.74, 6) is 1.49. The van der Waals surface area contributed by atoms with Gasteiger partial charge in [-0.1, -0.05) is 133 Å². The fourth-order valence-electron chi connectivity index (χ4n) is 7.93. The number of nitrogens with zero attached hydrogens (tertiary/aromatic N) is 2. The van der Waals surface area contributed by atoms with E-state index in [9.17, 15) is 0 Å². The Labute approximate surface area is 285 Å². The molecule has 4 nitrogen and oxygen atoms in total. The van der Waals surface area contributed by atoms with E-state index in [4.69, 9.17) is 9.41 Å². The normalized spacial score (nSPS) is 14.6. The molecule has 0 fully saturated rings. The Balaban J connectivity index is 1.23. The summed E-state index contributed by atoms with van der Waals surface area (Å²) >= 11 is 1.88. The molecule has 4 heterocycles. The highest BCUT2D eigenvalue weighted by atomic mass is 32.1. The fourth-order valence-corrected chi connectivity index (χ4v) is 9.18. The molecular weight excluding hydrogens is 619 g/mol. The molecule has 3 aromatic heterocycles. The van der Waals surface area contributed by atoms with Crippen LogP contribution >= 0.6 is 11.3 Å². The average molecular weight is 646 g/mol. The maximum Gasteiger partial charge on any atom is 0.211 e. The Morgan fingerprint density at radius 2 is 1.22 bits per heavy atom. The summed E-state index contributed by atoms with van der Waals surface area (Å²) in [7, 11) is 0. The van der Waals surface area contributed by atoms with Crippen molar-refractivity contribution in [3.63, 3.8) is 0 Å². The third-order valence-electron chi connectivity index (χ3n) is 10.1. The van der Waals surface area contributed by atoms with Crippen molar-refractivity contribution in [2.45, 2.75) is 6.04 Å². The van der Waals surface area contributed by atoms with Crippen molar-refractivity contribution in [1.82, 2.24) is 4.57 Å². The van der Waals surface area contributed by atoms with Crippen LogP contribution < -0.4 is 5.32 Å². The van der Waals surface area contributed by atoms with E-state index in [0.717, 1.165) is 45.0 Å². The van der Waals surface area contributed by atoms with Crippen LogP contribution in [0.5, 0.6) is 0 Å². The van der Waals surface area contributed by atoms with Crippen molar-refractivity contribution in [2.75, 3.05) is 5.32 Å². The fraction of sp³-hybridized carbons (Fsp3) is 0.0227. The maximum absolute atomic E-state index is 6.59. The second-order valence-corrected chi connectivity index (χ2v) is 13.8. The topological polar surface area (TPSA) is 42.5 Å². The molecule has 5 heteroatoms. The van der Waals surface area contributed by atoms with Crippen LogP contribution in [0, 0.1) is 0 Å². The molecule has 1 aliphatic heterocycles. The van der Waals surface area contributed by atoms with Crippen molar-refractivity contribution in [3.8, 4) is 11.1 Å². The Morgan fingerprint density at radius 3 is 2.06 bits per heavy atom.